The molecule has 12 heavy (non-hydrogen) atoms. The summed E-state index contributed by atoms with van der Waals surface area (Å²) in [7, 11) is 0. The molecule has 0 radical (unpaired) electrons. The molecule has 0 aromatic carbocycles. The minimum atomic E-state index is -0.902. The van der Waals surface area contributed by atoms with Gasteiger partial charge in [-0.05, 0) is 17.2 Å². The lowest BCUT2D eigenvalue weighted by atomic mass is 10.9. The van der Waals surface area contributed by atoms with Gasteiger partial charge in [0.2, 0.25) is 0 Å². The summed E-state index contributed by atoms with van der Waals surface area (Å²) in [4.78, 5) is 24.9. The van der Waals surface area contributed by atoms with Gasteiger partial charge in [0.05, 0.1) is 6.61 Å². The van der Waals surface area contributed by atoms with E-state index in [9.17, 15) is 9.59 Å². The number of rotatable bonds is 4. The fraction of sp³-hybridized carbons (Fsp3) is 0.333. The lowest BCUT2D eigenvalue weighted by Crippen LogP contribution is -2.24. The van der Waals surface area contributed by atoms with E-state index in [0.29, 0.717) is 5.17 Å². The summed E-state index contributed by atoms with van der Waals surface area (Å²) in [6.45, 7) is 4.93. The Morgan fingerprint density at radius 2 is 2.50 bits per heavy atom. The highest BCUT2D eigenvalue weighted by atomic mass is 16.7. The van der Waals surface area contributed by atoms with Crippen molar-refractivity contribution in [3.05, 3.63) is 12.8 Å². The van der Waals surface area contributed by atoms with Crippen LogP contribution in [0, 0.1) is 0 Å². The van der Waals surface area contributed by atoms with Crippen molar-refractivity contribution in [3.8, 4) is 0 Å². The Bertz CT molecular complexity index is 210. The van der Waals surface area contributed by atoms with E-state index in [1.54, 1.807) is 6.92 Å². The van der Waals surface area contributed by atoms with E-state index in [1.165, 1.54) is 0 Å². The van der Waals surface area contributed by atoms with Crippen molar-refractivity contribution in [1.29, 1.82) is 0 Å². The Balaban J connectivity index is 4.17. The van der Waals surface area contributed by atoms with Crippen molar-refractivity contribution < 1.29 is 19.2 Å². The summed E-state index contributed by atoms with van der Waals surface area (Å²) in [6, 6.07) is 0. The van der Waals surface area contributed by atoms with E-state index in [1.807, 2.05) is 0 Å². The van der Waals surface area contributed by atoms with Crippen LogP contribution in [-0.2, 0) is 14.4 Å². The number of carbonyl (C=O) groups is 1. The Morgan fingerprint density at radius 1 is 1.83 bits per heavy atom. The van der Waals surface area contributed by atoms with Gasteiger partial charge in [-0.1, -0.05) is 6.58 Å². The largest absolute Gasteiger partial charge is 0.466 e. The maximum atomic E-state index is 10.8. The molecule has 0 aromatic rings. The van der Waals surface area contributed by atoms with Crippen LogP contribution in [0.15, 0.2) is 17.9 Å². The fourth-order valence-corrected chi connectivity index (χ4v) is 0.394. The average molecular weight is 172 g/mol. The smallest absolute Gasteiger partial charge is 0.446 e. The van der Waals surface area contributed by atoms with Crippen molar-refractivity contribution in [2.75, 3.05) is 6.61 Å². The third-order valence-corrected chi connectivity index (χ3v) is 0.730. The molecule has 0 bridgehead atoms. The number of hydrogen-bond donors (Lipinski definition) is 0. The first-order valence-corrected chi connectivity index (χ1v) is 3.08. The maximum Gasteiger partial charge on any atom is 0.466 e. The number of nitrogens with zero attached hydrogens (tertiary/aromatic N) is 2. The van der Waals surface area contributed by atoms with Crippen LogP contribution in [0.25, 0.3) is 0 Å². The van der Waals surface area contributed by atoms with Gasteiger partial charge in [-0.15, -0.1) is 0 Å². The van der Waals surface area contributed by atoms with Crippen LogP contribution in [0.2, 0.25) is 0 Å². The van der Waals surface area contributed by atoms with Crippen molar-refractivity contribution in [2.45, 2.75) is 6.92 Å². The van der Waals surface area contributed by atoms with Gasteiger partial charge in [-0.3, -0.25) is 0 Å². The van der Waals surface area contributed by atoms with E-state index >= 15 is 0 Å². The Hall–Kier alpha value is -1.81. The molecule has 0 aliphatic rings. The lowest BCUT2D eigenvalue weighted by Gasteiger charge is -2.10. The third kappa shape index (κ3) is 3.38. The van der Waals surface area contributed by atoms with E-state index in [0.717, 1.165) is 12.3 Å². The van der Waals surface area contributed by atoms with Gasteiger partial charge in [0.1, 0.15) is 6.26 Å². The molecule has 0 aliphatic heterocycles. The van der Waals surface area contributed by atoms with Crippen molar-refractivity contribution in [1.82, 2.24) is 5.17 Å². The highest BCUT2D eigenvalue weighted by Crippen LogP contribution is 1.95. The first-order valence-electron chi connectivity index (χ1n) is 3.08. The molecule has 0 aromatic heterocycles. The van der Waals surface area contributed by atoms with Crippen LogP contribution in [0.3, 0.4) is 0 Å². The Morgan fingerprint density at radius 3 is 2.92 bits per heavy atom. The number of carbonyl (C=O) groups excluding carboxylic acids is 2. The molecule has 0 saturated carbocycles. The van der Waals surface area contributed by atoms with Gasteiger partial charge in [0, 0.05) is 0 Å². The van der Waals surface area contributed by atoms with Gasteiger partial charge in [0.25, 0.3) is 6.08 Å². The number of ether oxygens (including phenoxy) is 1. The molecule has 0 unspecified atom stereocenters. The van der Waals surface area contributed by atoms with Gasteiger partial charge in [0.15, 0.2) is 0 Å². The summed E-state index contributed by atoms with van der Waals surface area (Å²) in [5, 5.41) is 3.23. The topological polar surface area (TPSA) is 68.2 Å². The molecule has 0 aliphatic carbocycles. The molecule has 1 amide bonds. The maximum absolute atomic E-state index is 10.8. The second kappa shape index (κ2) is 5.94. The van der Waals surface area contributed by atoms with Crippen LogP contribution in [-0.4, -0.2) is 24.0 Å². The SMILES string of the molecule is C=CON(N=C=O)C(=O)OCC. The zero-order valence-electron chi connectivity index (χ0n) is 6.52. The summed E-state index contributed by atoms with van der Waals surface area (Å²) in [5.74, 6) is 0. The second-order valence-electron chi connectivity index (χ2n) is 1.44. The molecule has 0 rings (SSSR count). The highest BCUT2D eigenvalue weighted by Gasteiger charge is 2.13. The van der Waals surface area contributed by atoms with E-state index < -0.39 is 6.09 Å². The highest BCUT2D eigenvalue weighted by molar-refractivity contribution is 5.66. The molecule has 6 heteroatoms. The molecule has 0 saturated heterocycles. The van der Waals surface area contributed by atoms with Crippen LogP contribution < -0.4 is 0 Å². The molecule has 0 spiro atoms. The van der Waals surface area contributed by atoms with Crippen molar-refractivity contribution in [3.63, 3.8) is 0 Å². The molecular formula is C6H8N2O4. The lowest BCUT2D eigenvalue weighted by molar-refractivity contribution is -0.0827. The summed E-state index contributed by atoms with van der Waals surface area (Å²) in [5.41, 5.74) is 0. The zero-order chi connectivity index (χ0) is 9.40. The third-order valence-electron chi connectivity index (χ3n) is 0.730. The molecule has 66 valence electrons. The van der Waals surface area contributed by atoms with Gasteiger partial charge in [-0.2, -0.15) is 0 Å². The summed E-state index contributed by atoms with van der Waals surface area (Å²) in [6.07, 6.45) is 1.15. The zero-order valence-corrected chi connectivity index (χ0v) is 6.52. The first-order chi connectivity index (χ1) is 5.76. The number of isocyanates is 1. The van der Waals surface area contributed by atoms with Crippen molar-refractivity contribution >= 4 is 12.2 Å². The standard InChI is InChI=1S/C6H8N2O4/c1-3-11-6(10)8(7-5-9)12-4-2/h4H,2-3H2,1H3. The molecule has 0 atom stereocenters. The monoisotopic (exact) mass is 172 g/mol. The van der Waals surface area contributed by atoms with Gasteiger partial charge < -0.3 is 9.57 Å². The van der Waals surface area contributed by atoms with Gasteiger partial charge >= 0.3 is 6.09 Å². The van der Waals surface area contributed by atoms with Crippen LogP contribution in [0.1, 0.15) is 6.92 Å². The average Bonchev–Trinajstić information content (AvgIpc) is 2.04. The Labute approximate surface area is 69.0 Å². The van der Waals surface area contributed by atoms with E-state index in [4.69, 9.17) is 0 Å². The predicted octanol–water partition coefficient (Wildman–Crippen LogP) is 0.771. The molecule has 0 fully saturated rings. The molecule has 0 heterocycles. The minimum Gasteiger partial charge on any atom is -0.446 e. The number of hydrogen-bond acceptors (Lipinski definition) is 5. The molecule has 6 nitrogen and oxygen atoms in total. The summed E-state index contributed by atoms with van der Waals surface area (Å²) < 4.78 is 4.45. The number of hydroxylamine groups is 1. The van der Waals surface area contributed by atoms with E-state index in [-0.39, 0.29) is 6.61 Å². The normalized spacial score (nSPS) is 7.75. The summed E-state index contributed by atoms with van der Waals surface area (Å²) >= 11 is 0. The van der Waals surface area contributed by atoms with Gasteiger partial charge in [-0.25, -0.2) is 9.59 Å². The number of amides is 1. The van der Waals surface area contributed by atoms with Crippen LogP contribution >= 0.6 is 0 Å². The van der Waals surface area contributed by atoms with Crippen LogP contribution in [0.4, 0.5) is 4.79 Å². The second-order valence-corrected chi connectivity index (χ2v) is 1.44. The van der Waals surface area contributed by atoms with E-state index in [2.05, 4.69) is 21.3 Å². The Kier molecular flexibility index (Phi) is 5.04. The quantitative estimate of drug-likeness (QED) is 0.272. The minimum absolute atomic E-state index is 0.157. The van der Waals surface area contributed by atoms with Crippen molar-refractivity contribution in [2.24, 2.45) is 5.10 Å². The predicted molar refractivity (Wildman–Crippen MR) is 38.3 cm³/mol. The molecule has 0 N–H and O–H groups in total. The molecular weight excluding hydrogens is 164 g/mol. The number of hydrazone groups is 1. The fourth-order valence-electron chi connectivity index (χ4n) is 0.394. The first kappa shape index (κ1) is 10.2. The van der Waals surface area contributed by atoms with Crippen LogP contribution in [0.5, 0.6) is 0 Å².